The highest BCUT2D eigenvalue weighted by molar-refractivity contribution is 9.10. The van der Waals surface area contributed by atoms with E-state index in [0.717, 1.165) is 15.6 Å². The van der Waals surface area contributed by atoms with Crippen molar-refractivity contribution in [3.63, 3.8) is 0 Å². The molecule has 2 rings (SSSR count). The van der Waals surface area contributed by atoms with Crippen LogP contribution in [0.15, 0.2) is 29.0 Å². The summed E-state index contributed by atoms with van der Waals surface area (Å²) in [6, 6.07) is 5.43. The van der Waals surface area contributed by atoms with E-state index in [4.69, 9.17) is 11.6 Å². The van der Waals surface area contributed by atoms with Crippen molar-refractivity contribution in [2.45, 2.75) is 0 Å². The SMILES string of the molecule is Clc1ccc2nc(Br)cnc2c1. The summed E-state index contributed by atoms with van der Waals surface area (Å²) < 4.78 is 0.734. The van der Waals surface area contributed by atoms with Gasteiger partial charge in [0.25, 0.3) is 0 Å². The molecule has 0 aliphatic heterocycles. The van der Waals surface area contributed by atoms with Crippen molar-refractivity contribution in [3.8, 4) is 0 Å². The van der Waals surface area contributed by atoms with Crippen molar-refractivity contribution >= 4 is 38.6 Å². The van der Waals surface area contributed by atoms with Crippen molar-refractivity contribution in [2.24, 2.45) is 0 Å². The molecule has 1 aromatic carbocycles. The van der Waals surface area contributed by atoms with Crippen LogP contribution in [0.1, 0.15) is 0 Å². The van der Waals surface area contributed by atoms with Gasteiger partial charge < -0.3 is 0 Å². The monoisotopic (exact) mass is 242 g/mol. The highest BCUT2D eigenvalue weighted by Crippen LogP contribution is 2.17. The topological polar surface area (TPSA) is 25.8 Å². The number of halogens is 2. The molecule has 12 heavy (non-hydrogen) atoms. The van der Waals surface area contributed by atoms with Gasteiger partial charge in [0.2, 0.25) is 0 Å². The minimum atomic E-state index is 0.680. The fraction of sp³-hybridized carbons (Fsp3) is 0. The van der Waals surface area contributed by atoms with Crippen LogP contribution < -0.4 is 0 Å². The van der Waals surface area contributed by atoms with E-state index in [2.05, 4.69) is 25.9 Å². The predicted molar refractivity (Wildman–Crippen MR) is 52.2 cm³/mol. The molecule has 60 valence electrons. The number of nitrogens with zero attached hydrogens (tertiary/aromatic N) is 2. The third-order valence-corrected chi connectivity index (χ3v) is 2.09. The van der Waals surface area contributed by atoms with Crippen LogP contribution in [0.3, 0.4) is 0 Å². The molecule has 0 saturated heterocycles. The lowest BCUT2D eigenvalue weighted by Crippen LogP contribution is -1.83. The van der Waals surface area contributed by atoms with Crippen molar-refractivity contribution in [3.05, 3.63) is 34.0 Å². The van der Waals surface area contributed by atoms with Crippen LogP contribution in [0.2, 0.25) is 5.02 Å². The van der Waals surface area contributed by atoms with E-state index < -0.39 is 0 Å². The van der Waals surface area contributed by atoms with Gasteiger partial charge in [0.05, 0.1) is 17.2 Å². The Morgan fingerprint density at radius 2 is 2.08 bits per heavy atom. The number of benzene rings is 1. The third kappa shape index (κ3) is 1.42. The molecule has 0 unspecified atom stereocenters. The van der Waals surface area contributed by atoms with Gasteiger partial charge in [-0.05, 0) is 34.1 Å². The molecule has 0 N–H and O–H groups in total. The number of fused-ring (bicyclic) bond motifs is 1. The molecule has 2 nitrogen and oxygen atoms in total. The molecular formula is C8H4BrClN2. The molecule has 0 atom stereocenters. The van der Waals surface area contributed by atoms with E-state index in [-0.39, 0.29) is 0 Å². The van der Waals surface area contributed by atoms with Crippen LogP contribution >= 0.6 is 27.5 Å². The first-order valence-corrected chi connectivity index (χ1v) is 4.50. The van der Waals surface area contributed by atoms with Gasteiger partial charge in [0.15, 0.2) is 0 Å². The van der Waals surface area contributed by atoms with E-state index in [0.29, 0.717) is 5.02 Å². The van der Waals surface area contributed by atoms with E-state index in [1.807, 2.05) is 6.07 Å². The fourth-order valence-electron chi connectivity index (χ4n) is 0.961. The predicted octanol–water partition coefficient (Wildman–Crippen LogP) is 3.05. The van der Waals surface area contributed by atoms with Gasteiger partial charge in [-0.15, -0.1) is 0 Å². The summed E-state index contributed by atoms with van der Waals surface area (Å²) in [5.74, 6) is 0. The van der Waals surface area contributed by atoms with E-state index in [1.165, 1.54) is 0 Å². The van der Waals surface area contributed by atoms with Gasteiger partial charge in [-0.3, -0.25) is 4.98 Å². The minimum Gasteiger partial charge on any atom is -0.252 e. The number of hydrogen-bond acceptors (Lipinski definition) is 2. The first-order chi connectivity index (χ1) is 5.75. The maximum Gasteiger partial charge on any atom is 0.125 e. The van der Waals surface area contributed by atoms with Gasteiger partial charge >= 0.3 is 0 Å². The normalized spacial score (nSPS) is 10.5. The molecule has 0 radical (unpaired) electrons. The second-order valence-electron chi connectivity index (χ2n) is 2.33. The highest BCUT2D eigenvalue weighted by Gasteiger charge is 1.97. The first kappa shape index (κ1) is 7.95. The summed E-state index contributed by atoms with van der Waals surface area (Å²) in [4.78, 5) is 8.36. The molecule has 0 fully saturated rings. The van der Waals surface area contributed by atoms with E-state index in [9.17, 15) is 0 Å². The second kappa shape index (κ2) is 2.99. The maximum atomic E-state index is 5.78. The quantitative estimate of drug-likeness (QED) is 0.711. The zero-order valence-corrected chi connectivity index (χ0v) is 8.30. The van der Waals surface area contributed by atoms with Crippen LogP contribution in [-0.2, 0) is 0 Å². The lowest BCUT2D eigenvalue weighted by molar-refractivity contribution is 1.25. The van der Waals surface area contributed by atoms with Crippen LogP contribution in [0.5, 0.6) is 0 Å². The van der Waals surface area contributed by atoms with Gasteiger partial charge in [-0.1, -0.05) is 11.6 Å². The summed E-state index contributed by atoms with van der Waals surface area (Å²) in [7, 11) is 0. The zero-order chi connectivity index (χ0) is 8.55. The standard InChI is InChI=1S/C8H4BrClN2/c9-8-4-11-7-3-5(10)1-2-6(7)12-8/h1-4H. The summed E-state index contributed by atoms with van der Waals surface area (Å²) in [6.45, 7) is 0. The number of rotatable bonds is 0. The van der Waals surface area contributed by atoms with Crippen LogP contribution in [0.4, 0.5) is 0 Å². The molecule has 0 bridgehead atoms. The molecule has 1 heterocycles. The molecule has 0 aliphatic carbocycles. The molecule has 0 amide bonds. The summed E-state index contributed by atoms with van der Waals surface area (Å²) >= 11 is 9.02. The number of aromatic nitrogens is 2. The Bertz CT molecular complexity index is 389. The largest absolute Gasteiger partial charge is 0.252 e. The van der Waals surface area contributed by atoms with Crippen molar-refractivity contribution in [1.29, 1.82) is 0 Å². The summed E-state index contributed by atoms with van der Waals surface area (Å²) in [5.41, 5.74) is 1.65. The summed E-state index contributed by atoms with van der Waals surface area (Å²) in [5, 5.41) is 0.680. The zero-order valence-electron chi connectivity index (χ0n) is 5.96. The Labute approximate surface area is 82.7 Å². The van der Waals surface area contributed by atoms with Crippen molar-refractivity contribution in [2.75, 3.05) is 0 Å². The minimum absolute atomic E-state index is 0.680. The Morgan fingerprint density at radius 1 is 1.25 bits per heavy atom. The van der Waals surface area contributed by atoms with E-state index in [1.54, 1.807) is 18.3 Å². The fourth-order valence-corrected chi connectivity index (χ4v) is 1.42. The van der Waals surface area contributed by atoms with Crippen LogP contribution in [-0.4, -0.2) is 9.97 Å². The molecule has 0 aliphatic rings. The average molecular weight is 243 g/mol. The van der Waals surface area contributed by atoms with Gasteiger partial charge in [-0.2, -0.15) is 0 Å². The maximum absolute atomic E-state index is 5.78. The molecular weight excluding hydrogens is 239 g/mol. The lowest BCUT2D eigenvalue weighted by Gasteiger charge is -1.96. The molecule has 4 heteroatoms. The Morgan fingerprint density at radius 3 is 2.92 bits per heavy atom. The average Bonchev–Trinajstić information content (AvgIpc) is 2.05. The summed E-state index contributed by atoms with van der Waals surface area (Å²) in [6.07, 6.45) is 1.65. The van der Waals surface area contributed by atoms with Gasteiger partial charge in [0.1, 0.15) is 4.60 Å². The molecule has 2 aromatic rings. The smallest absolute Gasteiger partial charge is 0.125 e. The lowest BCUT2D eigenvalue weighted by atomic mass is 10.3. The molecule has 0 saturated carbocycles. The Hall–Kier alpha value is -0.670. The van der Waals surface area contributed by atoms with Crippen LogP contribution in [0.25, 0.3) is 11.0 Å². The van der Waals surface area contributed by atoms with E-state index >= 15 is 0 Å². The van der Waals surface area contributed by atoms with Crippen molar-refractivity contribution in [1.82, 2.24) is 9.97 Å². The Kier molecular flexibility index (Phi) is 1.98. The molecule has 1 aromatic heterocycles. The van der Waals surface area contributed by atoms with Crippen LogP contribution in [0, 0.1) is 0 Å². The second-order valence-corrected chi connectivity index (χ2v) is 3.57. The number of hydrogen-bond donors (Lipinski definition) is 0. The highest BCUT2D eigenvalue weighted by atomic mass is 79.9. The van der Waals surface area contributed by atoms with Gasteiger partial charge in [-0.25, -0.2) is 4.98 Å². The molecule has 0 spiro atoms. The van der Waals surface area contributed by atoms with Crippen molar-refractivity contribution < 1.29 is 0 Å². The first-order valence-electron chi connectivity index (χ1n) is 3.33. The third-order valence-electron chi connectivity index (χ3n) is 1.47. The Balaban J connectivity index is 2.79. The van der Waals surface area contributed by atoms with Gasteiger partial charge in [0, 0.05) is 5.02 Å².